The fourth-order valence-corrected chi connectivity index (χ4v) is 1.97. The van der Waals surface area contributed by atoms with E-state index in [2.05, 4.69) is 12.2 Å². The molecule has 5 nitrogen and oxygen atoms in total. The first kappa shape index (κ1) is 18.7. The predicted octanol–water partition coefficient (Wildman–Crippen LogP) is 3.24. The molecule has 118 valence electrons. The molecule has 0 bridgehead atoms. The topological polar surface area (TPSA) is 69.6 Å². The van der Waals surface area contributed by atoms with Crippen molar-refractivity contribution in [2.45, 2.75) is 78.3 Å². The SMILES string of the molecule is CCCC[C@H](NC(=O)N(CCCC)C(C)CC)C(=O)O. The third-order valence-electron chi connectivity index (χ3n) is 3.58. The number of carbonyl (C=O) groups is 2. The van der Waals surface area contributed by atoms with E-state index in [0.29, 0.717) is 13.0 Å². The maximum atomic E-state index is 12.3. The van der Waals surface area contributed by atoms with Crippen LogP contribution in [-0.2, 0) is 4.79 Å². The monoisotopic (exact) mass is 286 g/mol. The molecule has 0 saturated carbocycles. The van der Waals surface area contributed by atoms with Gasteiger partial charge in [-0.15, -0.1) is 0 Å². The summed E-state index contributed by atoms with van der Waals surface area (Å²) < 4.78 is 0. The zero-order chi connectivity index (χ0) is 15.5. The van der Waals surface area contributed by atoms with E-state index in [1.54, 1.807) is 4.90 Å². The average molecular weight is 286 g/mol. The Morgan fingerprint density at radius 3 is 2.20 bits per heavy atom. The summed E-state index contributed by atoms with van der Waals surface area (Å²) in [4.78, 5) is 25.2. The molecule has 20 heavy (non-hydrogen) atoms. The van der Waals surface area contributed by atoms with Gasteiger partial charge in [0.05, 0.1) is 0 Å². The normalized spacial score (nSPS) is 13.6. The second kappa shape index (κ2) is 10.5. The van der Waals surface area contributed by atoms with Crippen LogP contribution in [-0.4, -0.2) is 40.6 Å². The molecule has 0 fully saturated rings. The predicted molar refractivity (Wildman–Crippen MR) is 80.8 cm³/mol. The molecule has 2 atom stereocenters. The van der Waals surface area contributed by atoms with E-state index in [9.17, 15) is 9.59 Å². The largest absolute Gasteiger partial charge is 0.480 e. The molecule has 0 aromatic carbocycles. The number of hydrogen-bond acceptors (Lipinski definition) is 2. The molecule has 0 rings (SSSR count). The lowest BCUT2D eigenvalue weighted by atomic mass is 10.1. The number of carboxylic acid groups (broad SMARTS) is 1. The number of urea groups is 1. The molecule has 0 heterocycles. The fraction of sp³-hybridized carbons (Fsp3) is 0.867. The molecule has 0 radical (unpaired) electrons. The molecule has 2 N–H and O–H groups in total. The number of carbonyl (C=O) groups excluding carboxylic acids is 1. The van der Waals surface area contributed by atoms with Gasteiger partial charge in [-0.05, 0) is 26.2 Å². The summed E-state index contributed by atoms with van der Waals surface area (Å²) in [5.74, 6) is -0.952. The van der Waals surface area contributed by atoms with Crippen LogP contribution >= 0.6 is 0 Å². The van der Waals surface area contributed by atoms with Crippen LogP contribution in [0.3, 0.4) is 0 Å². The van der Waals surface area contributed by atoms with Gasteiger partial charge in [0.2, 0.25) is 0 Å². The van der Waals surface area contributed by atoms with Crippen molar-refractivity contribution in [1.29, 1.82) is 0 Å². The zero-order valence-corrected chi connectivity index (χ0v) is 13.3. The Labute approximate surface area is 122 Å². The first-order chi connectivity index (χ1) is 9.47. The van der Waals surface area contributed by atoms with Crippen LogP contribution in [0.4, 0.5) is 4.79 Å². The van der Waals surface area contributed by atoms with Gasteiger partial charge >= 0.3 is 12.0 Å². The van der Waals surface area contributed by atoms with E-state index in [-0.39, 0.29) is 12.1 Å². The van der Waals surface area contributed by atoms with Gasteiger partial charge in [0, 0.05) is 12.6 Å². The van der Waals surface area contributed by atoms with E-state index in [0.717, 1.165) is 32.1 Å². The smallest absolute Gasteiger partial charge is 0.326 e. The standard InChI is InChI=1S/C15H30N2O3/c1-5-8-10-13(14(18)19)16-15(20)17(11-9-6-2)12(4)7-3/h12-13H,5-11H2,1-4H3,(H,16,20)(H,18,19)/t12?,13-/m0/s1. The molecule has 0 spiro atoms. The van der Waals surface area contributed by atoms with Crippen LogP contribution in [0, 0.1) is 0 Å². The Morgan fingerprint density at radius 1 is 1.15 bits per heavy atom. The summed E-state index contributed by atoms with van der Waals surface area (Å²) in [5.41, 5.74) is 0. The maximum Gasteiger partial charge on any atom is 0.326 e. The van der Waals surface area contributed by atoms with Gasteiger partial charge in [0.1, 0.15) is 6.04 Å². The highest BCUT2D eigenvalue weighted by Gasteiger charge is 2.24. The number of nitrogens with one attached hydrogen (secondary N) is 1. The third-order valence-corrected chi connectivity index (χ3v) is 3.58. The van der Waals surface area contributed by atoms with E-state index < -0.39 is 12.0 Å². The maximum absolute atomic E-state index is 12.3. The molecule has 0 aromatic rings. The number of rotatable bonds is 10. The number of carboxylic acids is 1. The van der Waals surface area contributed by atoms with Gasteiger partial charge in [-0.25, -0.2) is 9.59 Å². The van der Waals surface area contributed by atoms with Gasteiger partial charge in [-0.3, -0.25) is 0 Å². The minimum Gasteiger partial charge on any atom is -0.480 e. The summed E-state index contributed by atoms with van der Waals surface area (Å²) in [7, 11) is 0. The number of amides is 2. The van der Waals surface area contributed by atoms with Crippen LogP contribution in [0.5, 0.6) is 0 Å². The molecule has 0 aliphatic carbocycles. The Kier molecular flexibility index (Phi) is 9.86. The van der Waals surface area contributed by atoms with Crippen LogP contribution in [0.1, 0.15) is 66.2 Å². The summed E-state index contributed by atoms with van der Waals surface area (Å²) >= 11 is 0. The lowest BCUT2D eigenvalue weighted by molar-refractivity contribution is -0.139. The van der Waals surface area contributed by atoms with E-state index in [1.165, 1.54) is 0 Å². The number of hydrogen-bond donors (Lipinski definition) is 2. The van der Waals surface area contributed by atoms with E-state index in [1.807, 2.05) is 20.8 Å². The van der Waals surface area contributed by atoms with Gasteiger partial charge in [-0.1, -0.05) is 40.0 Å². The molecule has 0 aromatic heterocycles. The Balaban J connectivity index is 4.64. The van der Waals surface area contributed by atoms with Crippen molar-refractivity contribution in [1.82, 2.24) is 10.2 Å². The summed E-state index contributed by atoms with van der Waals surface area (Å²) in [5, 5.41) is 11.8. The number of nitrogens with zero attached hydrogens (tertiary/aromatic N) is 1. The average Bonchev–Trinajstić information content (AvgIpc) is 2.42. The zero-order valence-electron chi connectivity index (χ0n) is 13.3. The van der Waals surface area contributed by atoms with Crippen LogP contribution in [0.25, 0.3) is 0 Å². The molecule has 5 heteroatoms. The minimum atomic E-state index is -0.952. The highest BCUT2D eigenvalue weighted by atomic mass is 16.4. The van der Waals surface area contributed by atoms with Crippen molar-refractivity contribution >= 4 is 12.0 Å². The summed E-state index contributed by atoms with van der Waals surface area (Å²) in [6, 6.07) is -0.908. The molecular formula is C15H30N2O3. The Bertz CT molecular complexity index is 295. The van der Waals surface area contributed by atoms with Gasteiger partial charge in [0.15, 0.2) is 0 Å². The van der Waals surface area contributed by atoms with Crippen LogP contribution in [0.2, 0.25) is 0 Å². The second-order valence-corrected chi connectivity index (χ2v) is 5.29. The van der Waals surface area contributed by atoms with Crippen molar-refractivity contribution in [3.05, 3.63) is 0 Å². The van der Waals surface area contributed by atoms with Crippen molar-refractivity contribution in [3.8, 4) is 0 Å². The fourth-order valence-electron chi connectivity index (χ4n) is 1.97. The Morgan fingerprint density at radius 2 is 1.75 bits per heavy atom. The molecule has 0 aliphatic rings. The Hall–Kier alpha value is -1.26. The van der Waals surface area contributed by atoms with E-state index >= 15 is 0 Å². The number of aliphatic carboxylic acids is 1. The highest BCUT2D eigenvalue weighted by molar-refractivity contribution is 5.82. The second-order valence-electron chi connectivity index (χ2n) is 5.29. The van der Waals surface area contributed by atoms with Gasteiger partial charge < -0.3 is 15.3 Å². The van der Waals surface area contributed by atoms with Crippen molar-refractivity contribution in [3.63, 3.8) is 0 Å². The molecule has 2 amide bonds. The van der Waals surface area contributed by atoms with Gasteiger partial charge in [-0.2, -0.15) is 0 Å². The lowest BCUT2D eigenvalue weighted by Crippen LogP contribution is -2.50. The van der Waals surface area contributed by atoms with E-state index in [4.69, 9.17) is 5.11 Å². The first-order valence-corrected chi connectivity index (χ1v) is 7.77. The third kappa shape index (κ3) is 6.78. The molecule has 1 unspecified atom stereocenters. The first-order valence-electron chi connectivity index (χ1n) is 7.77. The quantitative estimate of drug-likeness (QED) is 0.647. The molecule has 0 aliphatic heterocycles. The summed E-state index contributed by atoms with van der Waals surface area (Å²) in [6.45, 7) is 8.79. The van der Waals surface area contributed by atoms with Crippen LogP contribution in [0.15, 0.2) is 0 Å². The molecular weight excluding hydrogens is 256 g/mol. The van der Waals surface area contributed by atoms with Crippen molar-refractivity contribution < 1.29 is 14.7 Å². The van der Waals surface area contributed by atoms with Crippen molar-refractivity contribution in [2.24, 2.45) is 0 Å². The van der Waals surface area contributed by atoms with Gasteiger partial charge in [0.25, 0.3) is 0 Å². The minimum absolute atomic E-state index is 0.127. The number of unbranched alkanes of at least 4 members (excludes halogenated alkanes) is 2. The van der Waals surface area contributed by atoms with Crippen LogP contribution < -0.4 is 5.32 Å². The van der Waals surface area contributed by atoms with Crippen molar-refractivity contribution in [2.75, 3.05) is 6.54 Å². The lowest BCUT2D eigenvalue weighted by Gasteiger charge is -2.30. The molecule has 0 saturated heterocycles. The highest BCUT2D eigenvalue weighted by Crippen LogP contribution is 2.08. The summed E-state index contributed by atoms with van der Waals surface area (Å²) in [6.07, 6.45) is 5.02.